The Balaban J connectivity index is 2.43. The monoisotopic (exact) mass is 256 g/mol. The average Bonchev–Trinajstić information content (AvgIpc) is 2.39. The van der Waals surface area contributed by atoms with Crippen molar-refractivity contribution in [2.24, 2.45) is 5.73 Å². The molecule has 96 valence electrons. The highest BCUT2D eigenvalue weighted by atomic mass is 19.1. The fourth-order valence-electron chi connectivity index (χ4n) is 1.77. The van der Waals surface area contributed by atoms with Gasteiger partial charge < -0.3 is 10.5 Å². The third-order valence-electron chi connectivity index (χ3n) is 2.72. The summed E-state index contributed by atoms with van der Waals surface area (Å²) in [4.78, 5) is 0. The van der Waals surface area contributed by atoms with E-state index >= 15 is 0 Å². The van der Waals surface area contributed by atoms with Crippen LogP contribution in [0.2, 0.25) is 0 Å². The van der Waals surface area contributed by atoms with Gasteiger partial charge in [-0.2, -0.15) is 5.26 Å². The molecule has 2 N–H and O–H groups in total. The third kappa shape index (κ3) is 2.72. The largest absolute Gasteiger partial charge is 0.456 e. The van der Waals surface area contributed by atoms with E-state index in [1.807, 2.05) is 19.1 Å². The molecular weight excluding hydrogens is 243 g/mol. The average molecular weight is 256 g/mol. The molecule has 0 aliphatic heterocycles. The first-order chi connectivity index (χ1) is 9.13. The predicted octanol–water partition coefficient (Wildman–Crippen LogP) is 3.51. The van der Waals surface area contributed by atoms with Crippen molar-refractivity contribution in [2.75, 3.05) is 0 Å². The zero-order chi connectivity index (χ0) is 13.8. The Hall–Kier alpha value is -2.38. The smallest absolute Gasteiger partial charge is 0.148 e. The minimum atomic E-state index is -0.599. The molecule has 2 aromatic carbocycles. The maximum Gasteiger partial charge on any atom is 0.148 e. The number of nitriles is 1. The lowest BCUT2D eigenvalue weighted by atomic mass is 10.1. The molecule has 0 aliphatic carbocycles. The molecule has 0 aromatic heterocycles. The predicted molar refractivity (Wildman–Crippen MR) is 70.2 cm³/mol. The zero-order valence-corrected chi connectivity index (χ0v) is 10.4. The normalized spacial score (nSPS) is 11.7. The molecule has 0 amide bonds. The van der Waals surface area contributed by atoms with Crippen molar-refractivity contribution in [2.45, 2.75) is 13.0 Å². The van der Waals surface area contributed by atoms with Crippen LogP contribution in [0, 0.1) is 17.1 Å². The molecule has 0 aliphatic rings. The van der Waals surface area contributed by atoms with Crippen molar-refractivity contribution in [3.63, 3.8) is 0 Å². The van der Waals surface area contributed by atoms with Crippen LogP contribution in [0.4, 0.5) is 4.39 Å². The van der Waals surface area contributed by atoms with Gasteiger partial charge in [-0.15, -0.1) is 0 Å². The second-order valence-corrected chi connectivity index (χ2v) is 4.15. The molecule has 4 heteroatoms. The van der Waals surface area contributed by atoms with Gasteiger partial charge in [0.05, 0.1) is 0 Å². The molecule has 3 nitrogen and oxygen atoms in total. The van der Waals surface area contributed by atoms with Crippen molar-refractivity contribution in [1.29, 1.82) is 5.26 Å². The van der Waals surface area contributed by atoms with Crippen LogP contribution in [-0.2, 0) is 0 Å². The van der Waals surface area contributed by atoms with Gasteiger partial charge in [0.1, 0.15) is 28.9 Å². The quantitative estimate of drug-likeness (QED) is 0.914. The number of hydrogen-bond acceptors (Lipinski definition) is 3. The van der Waals surface area contributed by atoms with Gasteiger partial charge in [-0.25, -0.2) is 4.39 Å². The fourth-order valence-corrected chi connectivity index (χ4v) is 1.77. The van der Waals surface area contributed by atoms with Crippen LogP contribution >= 0.6 is 0 Å². The van der Waals surface area contributed by atoms with Gasteiger partial charge in [-0.05, 0) is 25.1 Å². The maximum atomic E-state index is 13.5. The minimum absolute atomic E-state index is 0.109. The Labute approximate surface area is 111 Å². The molecule has 2 aromatic rings. The highest BCUT2D eigenvalue weighted by molar-refractivity contribution is 5.47. The lowest BCUT2D eigenvalue weighted by Crippen LogP contribution is -2.06. The Morgan fingerprint density at radius 1 is 1.16 bits per heavy atom. The number of hydrogen-bond donors (Lipinski definition) is 1. The second kappa shape index (κ2) is 5.51. The van der Waals surface area contributed by atoms with Gasteiger partial charge in [0, 0.05) is 11.6 Å². The Morgan fingerprint density at radius 2 is 1.84 bits per heavy atom. The molecule has 0 saturated heterocycles. The molecule has 1 atom stereocenters. The van der Waals surface area contributed by atoms with Gasteiger partial charge in [0.15, 0.2) is 0 Å². The molecule has 0 fully saturated rings. The first-order valence-corrected chi connectivity index (χ1v) is 5.84. The molecule has 0 heterocycles. The van der Waals surface area contributed by atoms with Crippen molar-refractivity contribution >= 4 is 0 Å². The number of nitrogens with zero attached hydrogens (tertiary/aromatic N) is 1. The van der Waals surface area contributed by atoms with Crippen LogP contribution in [0.5, 0.6) is 11.5 Å². The van der Waals surface area contributed by atoms with E-state index in [-0.39, 0.29) is 17.4 Å². The highest BCUT2D eigenvalue weighted by Crippen LogP contribution is 2.31. The third-order valence-corrected chi connectivity index (χ3v) is 2.72. The molecule has 0 saturated carbocycles. The van der Waals surface area contributed by atoms with Gasteiger partial charge in [0.2, 0.25) is 0 Å². The summed E-state index contributed by atoms with van der Waals surface area (Å²) in [5, 5.41) is 8.96. The number of ether oxygens (including phenoxy) is 1. The van der Waals surface area contributed by atoms with E-state index in [1.54, 1.807) is 24.3 Å². The first-order valence-electron chi connectivity index (χ1n) is 5.84. The summed E-state index contributed by atoms with van der Waals surface area (Å²) in [6, 6.07) is 13.1. The van der Waals surface area contributed by atoms with E-state index in [1.165, 1.54) is 12.1 Å². The van der Waals surface area contributed by atoms with Crippen molar-refractivity contribution < 1.29 is 9.13 Å². The molecule has 19 heavy (non-hydrogen) atoms. The van der Waals surface area contributed by atoms with Crippen LogP contribution in [0.25, 0.3) is 0 Å². The fraction of sp³-hybridized carbons (Fsp3) is 0.133. The molecule has 2 rings (SSSR count). The Kier molecular flexibility index (Phi) is 3.79. The number of para-hydroxylation sites is 1. The SMILES string of the molecule is C[C@H](N)c1ccccc1Oc1cccc(F)c1C#N. The van der Waals surface area contributed by atoms with Crippen LogP contribution in [-0.4, -0.2) is 0 Å². The van der Waals surface area contributed by atoms with Crippen LogP contribution in [0.3, 0.4) is 0 Å². The highest BCUT2D eigenvalue weighted by Gasteiger charge is 2.13. The van der Waals surface area contributed by atoms with Crippen molar-refractivity contribution in [1.82, 2.24) is 0 Å². The summed E-state index contributed by atoms with van der Waals surface area (Å²) in [7, 11) is 0. The van der Waals surface area contributed by atoms with Gasteiger partial charge in [0.25, 0.3) is 0 Å². The Morgan fingerprint density at radius 3 is 2.53 bits per heavy atom. The van der Waals surface area contributed by atoms with E-state index in [4.69, 9.17) is 15.7 Å². The summed E-state index contributed by atoms with van der Waals surface area (Å²) < 4.78 is 19.1. The van der Waals surface area contributed by atoms with E-state index < -0.39 is 5.82 Å². The second-order valence-electron chi connectivity index (χ2n) is 4.15. The van der Waals surface area contributed by atoms with Gasteiger partial charge in [-0.3, -0.25) is 0 Å². The topological polar surface area (TPSA) is 59.0 Å². The van der Waals surface area contributed by atoms with Crippen molar-refractivity contribution in [3.05, 3.63) is 59.4 Å². The minimum Gasteiger partial charge on any atom is -0.456 e. The summed E-state index contributed by atoms with van der Waals surface area (Å²) >= 11 is 0. The number of rotatable bonds is 3. The van der Waals surface area contributed by atoms with E-state index in [2.05, 4.69) is 0 Å². The van der Waals surface area contributed by atoms with Crippen molar-refractivity contribution in [3.8, 4) is 17.6 Å². The lowest BCUT2D eigenvalue weighted by Gasteiger charge is -2.14. The summed E-state index contributed by atoms with van der Waals surface area (Å²) in [5.74, 6) is 0.119. The number of benzene rings is 2. The molecule has 0 spiro atoms. The van der Waals surface area contributed by atoms with E-state index in [0.717, 1.165) is 5.56 Å². The van der Waals surface area contributed by atoms with Crippen LogP contribution < -0.4 is 10.5 Å². The van der Waals surface area contributed by atoms with E-state index in [0.29, 0.717) is 5.75 Å². The Bertz CT molecular complexity index is 632. The number of halogens is 1. The first kappa shape index (κ1) is 13.1. The van der Waals surface area contributed by atoms with Gasteiger partial charge >= 0.3 is 0 Å². The van der Waals surface area contributed by atoms with Crippen LogP contribution in [0.1, 0.15) is 24.1 Å². The zero-order valence-electron chi connectivity index (χ0n) is 10.4. The molecule has 0 radical (unpaired) electrons. The van der Waals surface area contributed by atoms with Gasteiger partial charge in [-0.1, -0.05) is 24.3 Å². The standard InChI is InChI=1S/C15H13FN2O/c1-10(18)11-5-2-3-7-14(11)19-15-8-4-6-13(16)12(15)9-17/h2-8,10H,18H2,1H3/t10-/m0/s1. The number of nitrogens with two attached hydrogens (primary N) is 1. The summed E-state index contributed by atoms with van der Waals surface area (Å²) in [5.41, 5.74) is 6.54. The van der Waals surface area contributed by atoms with Crippen LogP contribution in [0.15, 0.2) is 42.5 Å². The molecule has 0 unspecified atom stereocenters. The summed E-state index contributed by atoms with van der Waals surface area (Å²) in [6.07, 6.45) is 0. The molecular formula is C15H13FN2O. The lowest BCUT2D eigenvalue weighted by molar-refractivity contribution is 0.465. The summed E-state index contributed by atoms with van der Waals surface area (Å²) in [6.45, 7) is 1.83. The maximum absolute atomic E-state index is 13.5. The van der Waals surface area contributed by atoms with E-state index in [9.17, 15) is 4.39 Å². The molecule has 0 bridgehead atoms.